The highest BCUT2D eigenvalue weighted by Gasteiger charge is 2.06. The van der Waals surface area contributed by atoms with Gasteiger partial charge in [0.25, 0.3) is 0 Å². The van der Waals surface area contributed by atoms with Gasteiger partial charge in [-0.2, -0.15) is 10.2 Å². The predicted octanol–water partition coefficient (Wildman–Crippen LogP) is 0.0796. The van der Waals surface area contributed by atoms with Crippen LogP contribution in [0.25, 0.3) is 0 Å². The van der Waals surface area contributed by atoms with Crippen LogP contribution >= 0.6 is 0 Å². The van der Waals surface area contributed by atoms with Crippen molar-refractivity contribution in [3.63, 3.8) is 0 Å². The van der Waals surface area contributed by atoms with Crippen LogP contribution in [0.5, 0.6) is 0 Å². The SMILES string of the molecule is CC(N)c1ncn(Cc2cnn(C)c2)n1. The zero-order chi connectivity index (χ0) is 10.8. The van der Waals surface area contributed by atoms with Gasteiger partial charge in [0, 0.05) is 18.8 Å². The molecule has 0 spiro atoms. The van der Waals surface area contributed by atoms with Gasteiger partial charge in [-0.05, 0) is 6.92 Å². The van der Waals surface area contributed by atoms with E-state index in [1.165, 1.54) is 0 Å². The minimum Gasteiger partial charge on any atom is -0.321 e. The Balaban J connectivity index is 2.11. The maximum Gasteiger partial charge on any atom is 0.166 e. The van der Waals surface area contributed by atoms with Crippen LogP contribution in [-0.2, 0) is 13.6 Å². The Kier molecular flexibility index (Phi) is 2.51. The van der Waals surface area contributed by atoms with E-state index in [4.69, 9.17) is 5.73 Å². The van der Waals surface area contributed by atoms with Gasteiger partial charge in [0.15, 0.2) is 5.82 Å². The van der Waals surface area contributed by atoms with Crippen LogP contribution in [0.1, 0.15) is 24.4 Å². The maximum absolute atomic E-state index is 5.67. The Bertz CT molecular complexity index is 441. The Morgan fingerprint density at radius 3 is 2.87 bits per heavy atom. The summed E-state index contributed by atoms with van der Waals surface area (Å²) < 4.78 is 3.52. The van der Waals surface area contributed by atoms with Crippen molar-refractivity contribution in [3.8, 4) is 0 Å². The molecule has 0 aromatic carbocycles. The van der Waals surface area contributed by atoms with Crippen LogP contribution in [0.4, 0.5) is 0 Å². The second-order valence-electron chi connectivity index (χ2n) is 3.61. The zero-order valence-corrected chi connectivity index (χ0v) is 8.83. The Morgan fingerprint density at radius 1 is 1.53 bits per heavy atom. The number of nitrogens with zero attached hydrogens (tertiary/aromatic N) is 5. The van der Waals surface area contributed by atoms with Crippen LogP contribution in [-0.4, -0.2) is 24.5 Å². The van der Waals surface area contributed by atoms with Crippen LogP contribution < -0.4 is 5.73 Å². The van der Waals surface area contributed by atoms with Crippen molar-refractivity contribution in [3.05, 3.63) is 30.1 Å². The minimum atomic E-state index is -0.125. The lowest BCUT2D eigenvalue weighted by molar-refractivity contribution is 0.649. The molecule has 1 atom stereocenters. The standard InChI is InChI=1S/C9H14N6/c1-7(10)9-11-6-15(13-9)5-8-3-12-14(2)4-8/h3-4,6-7H,5,10H2,1-2H3. The summed E-state index contributed by atoms with van der Waals surface area (Å²) in [7, 11) is 1.89. The minimum absolute atomic E-state index is 0.125. The lowest BCUT2D eigenvalue weighted by atomic mass is 10.3. The van der Waals surface area contributed by atoms with E-state index in [1.807, 2.05) is 26.4 Å². The molecule has 2 N–H and O–H groups in total. The fourth-order valence-electron chi connectivity index (χ4n) is 1.33. The van der Waals surface area contributed by atoms with Crippen molar-refractivity contribution in [2.24, 2.45) is 12.8 Å². The fraction of sp³-hybridized carbons (Fsp3) is 0.444. The van der Waals surface area contributed by atoms with Gasteiger partial charge in [0.05, 0.1) is 18.8 Å². The molecule has 2 aromatic rings. The molecule has 0 aliphatic carbocycles. The molecule has 1 unspecified atom stereocenters. The molecular weight excluding hydrogens is 192 g/mol. The van der Waals surface area contributed by atoms with Crippen LogP contribution in [0.2, 0.25) is 0 Å². The van der Waals surface area contributed by atoms with Crippen LogP contribution in [0.3, 0.4) is 0 Å². The summed E-state index contributed by atoms with van der Waals surface area (Å²) in [6, 6.07) is -0.125. The molecule has 0 fully saturated rings. The van der Waals surface area contributed by atoms with E-state index in [0.717, 1.165) is 5.56 Å². The normalized spacial score (nSPS) is 13.0. The first-order valence-corrected chi connectivity index (χ1v) is 4.77. The number of aromatic nitrogens is 5. The topological polar surface area (TPSA) is 74.5 Å². The first kappa shape index (κ1) is 9.85. The molecular formula is C9H14N6. The number of hydrogen-bond donors (Lipinski definition) is 1. The van der Waals surface area contributed by atoms with Gasteiger partial charge in [-0.25, -0.2) is 9.67 Å². The molecule has 0 amide bonds. The third kappa shape index (κ3) is 2.21. The molecule has 0 bridgehead atoms. The summed E-state index contributed by atoms with van der Waals surface area (Å²) in [6.45, 7) is 2.54. The third-order valence-electron chi connectivity index (χ3n) is 2.06. The van der Waals surface area contributed by atoms with Gasteiger partial charge >= 0.3 is 0 Å². The molecule has 0 radical (unpaired) electrons. The van der Waals surface area contributed by atoms with Crippen molar-refractivity contribution in [2.75, 3.05) is 0 Å². The molecule has 80 valence electrons. The van der Waals surface area contributed by atoms with Crippen molar-refractivity contribution < 1.29 is 0 Å². The molecule has 15 heavy (non-hydrogen) atoms. The van der Waals surface area contributed by atoms with Gasteiger partial charge in [-0.1, -0.05) is 0 Å². The Hall–Kier alpha value is -1.69. The molecule has 2 aromatic heterocycles. The van der Waals surface area contributed by atoms with Gasteiger partial charge in [0.2, 0.25) is 0 Å². The van der Waals surface area contributed by atoms with Crippen LogP contribution in [0, 0.1) is 0 Å². The van der Waals surface area contributed by atoms with E-state index in [2.05, 4.69) is 15.2 Å². The van der Waals surface area contributed by atoms with E-state index in [9.17, 15) is 0 Å². The molecule has 2 rings (SSSR count). The fourth-order valence-corrected chi connectivity index (χ4v) is 1.33. The van der Waals surface area contributed by atoms with E-state index < -0.39 is 0 Å². The second-order valence-corrected chi connectivity index (χ2v) is 3.61. The molecule has 0 aliphatic rings. The summed E-state index contributed by atoms with van der Waals surface area (Å²) in [5.41, 5.74) is 6.77. The van der Waals surface area contributed by atoms with E-state index >= 15 is 0 Å². The molecule has 6 nitrogen and oxygen atoms in total. The molecule has 6 heteroatoms. The number of aryl methyl sites for hydroxylation is 1. The first-order valence-electron chi connectivity index (χ1n) is 4.77. The average Bonchev–Trinajstić information content (AvgIpc) is 2.76. The summed E-state index contributed by atoms with van der Waals surface area (Å²) >= 11 is 0. The highest BCUT2D eigenvalue weighted by Crippen LogP contribution is 2.03. The quantitative estimate of drug-likeness (QED) is 0.771. The largest absolute Gasteiger partial charge is 0.321 e. The van der Waals surface area contributed by atoms with Gasteiger partial charge < -0.3 is 5.73 Å². The Morgan fingerprint density at radius 2 is 2.33 bits per heavy atom. The van der Waals surface area contributed by atoms with E-state index in [0.29, 0.717) is 12.4 Å². The van der Waals surface area contributed by atoms with Gasteiger partial charge in [-0.15, -0.1) is 0 Å². The number of hydrogen-bond acceptors (Lipinski definition) is 4. The predicted molar refractivity (Wildman–Crippen MR) is 54.9 cm³/mol. The lowest BCUT2D eigenvalue weighted by Crippen LogP contribution is -2.08. The van der Waals surface area contributed by atoms with Gasteiger partial charge in [-0.3, -0.25) is 4.68 Å². The van der Waals surface area contributed by atoms with Crippen molar-refractivity contribution in [2.45, 2.75) is 19.5 Å². The first-order chi connectivity index (χ1) is 7.15. The number of rotatable bonds is 3. The second kappa shape index (κ2) is 3.82. The van der Waals surface area contributed by atoms with Gasteiger partial charge in [0.1, 0.15) is 6.33 Å². The molecule has 0 aliphatic heterocycles. The van der Waals surface area contributed by atoms with E-state index in [1.54, 1.807) is 15.7 Å². The zero-order valence-electron chi connectivity index (χ0n) is 8.83. The summed E-state index contributed by atoms with van der Waals surface area (Å²) in [4.78, 5) is 4.12. The average molecular weight is 206 g/mol. The number of nitrogens with two attached hydrogens (primary N) is 1. The maximum atomic E-state index is 5.67. The van der Waals surface area contributed by atoms with Crippen molar-refractivity contribution in [1.29, 1.82) is 0 Å². The highest BCUT2D eigenvalue weighted by atomic mass is 15.3. The van der Waals surface area contributed by atoms with Crippen LogP contribution in [0.15, 0.2) is 18.7 Å². The highest BCUT2D eigenvalue weighted by molar-refractivity contribution is 5.04. The summed E-state index contributed by atoms with van der Waals surface area (Å²) in [5.74, 6) is 0.666. The lowest BCUT2D eigenvalue weighted by Gasteiger charge is -1.98. The molecule has 2 heterocycles. The third-order valence-corrected chi connectivity index (χ3v) is 2.06. The van der Waals surface area contributed by atoms with Crippen molar-refractivity contribution in [1.82, 2.24) is 24.5 Å². The molecule has 0 saturated carbocycles. The smallest absolute Gasteiger partial charge is 0.166 e. The summed E-state index contributed by atoms with van der Waals surface area (Å²) in [6.07, 6.45) is 5.45. The molecule has 0 saturated heterocycles. The Labute approximate surface area is 87.7 Å². The monoisotopic (exact) mass is 206 g/mol. The van der Waals surface area contributed by atoms with E-state index in [-0.39, 0.29) is 6.04 Å². The van der Waals surface area contributed by atoms with Crippen molar-refractivity contribution >= 4 is 0 Å². The summed E-state index contributed by atoms with van der Waals surface area (Å²) in [5, 5.41) is 8.34.